The largest absolute Gasteiger partial charge is 0.288 e. The lowest BCUT2D eigenvalue weighted by Gasteiger charge is -2.23. The van der Waals surface area contributed by atoms with Crippen LogP contribution in [0.1, 0.15) is 18.1 Å². The molecule has 0 spiro atoms. The third-order valence-electron chi connectivity index (χ3n) is 3.32. The van der Waals surface area contributed by atoms with Gasteiger partial charge in [0.2, 0.25) is 11.9 Å². The van der Waals surface area contributed by atoms with Crippen LogP contribution >= 0.6 is 0 Å². The molecule has 1 aromatic rings. The second kappa shape index (κ2) is 4.42. The lowest BCUT2D eigenvalue weighted by Crippen LogP contribution is -2.47. The first-order valence-electron chi connectivity index (χ1n) is 6.15. The summed E-state index contributed by atoms with van der Waals surface area (Å²) in [6.45, 7) is 4.63. The van der Waals surface area contributed by atoms with Crippen molar-refractivity contribution in [1.82, 2.24) is 15.3 Å². The summed E-state index contributed by atoms with van der Waals surface area (Å²) in [5.74, 6) is 0.714. The van der Waals surface area contributed by atoms with E-state index in [-0.39, 0.29) is 5.91 Å². The summed E-state index contributed by atoms with van der Waals surface area (Å²) in [5.41, 5.74) is 5.91. The highest BCUT2D eigenvalue weighted by atomic mass is 16.2. The lowest BCUT2D eigenvalue weighted by molar-refractivity contribution is -0.124. The molecule has 94 valence electrons. The van der Waals surface area contributed by atoms with E-state index in [9.17, 15) is 4.79 Å². The fourth-order valence-corrected chi connectivity index (χ4v) is 2.40. The van der Waals surface area contributed by atoms with Crippen LogP contribution in [0.4, 0.5) is 0 Å². The minimum absolute atomic E-state index is 0.0375. The molecule has 2 aliphatic heterocycles. The number of aliphatic imine (C=N–C) groups is 1. The van der Waals surface area contributed by atoms with E-state index in [1.54, 1.807) is 11.8 Å². The summed E-state index contributed by atoms with van der Waals surface area (Å²) in [5, 5.41) is 2.09. The first kappa shape index (κ1) is 11.2. The van der Waals surface area contributed by atoms with Gasteiger partial charge in [0.1, 0.15) is 0 Å². The highest BCUT2D eigenvalue weighted by Gasteiger charge is 2.25. The zero-order valence-electron chi connectivity index (χ0n) is 10.4. The lowest BCUT2D eigenvalue weighted by atomic mass is 10.1. The smallest absolute Gasteiger partial charge is 0.226 e. The van der Waals surface area contributed by atoms with Crippen molar-refractivity contribution in [3.8, 4) is 0 Å². The standard InChI is InChI=1S/C13H16N4O/c1-10(18)17-7-6-14-13(17)15-16-8-11-4-2-3-5-12(11)9-16/h2-5H,6-9H2,1H3,(H,14,15). The number of carbonyl (C=O) groups excluding carboxylic acids is 1. The van der Waals surface area contributed by atoms with Gasteiger partial charge in [-0.3, -0.25) is 15.1 Å². The molecule has 0 bridgehead atoms. The molecule has 3 rings (SSSR count). The Kier molecular flexibility index (Phi) is 2.76. The zero-order chi connectivity index (χ0) is 12.5. The van der Waals surface area contributed by atoms with Gasteiger partial charge < -0.3 is 0 Å². The Morgan fingerprint density at radius 2 is 1.94 bits per heavy atom. The number of guanidine groups is 1. The Labute approximate surface area is 106 Å². The molecule has 1 amide bonds. The van der Waals surface area contributed by atoms with Gasteiger partial charge in [0.15, 0.2) is 0 Å². The molecule has 2 heterocycles. The molecule has 0 radical (unpaired) electrons. The van der Waals surface area contributed by atoms with Crippen LogP contribution in [0.3, 0.4) is 0 Å². The van der Waals surface area contributed by atoms with E-state index >= 15 is 0 Å². The average Bonchev–Trinajstić information content (AvgIpc) is 2.94. The van der Waals surface area contributed by atoms with Crippen molar-refractivity contribution >= 4 is 11.9 Å². The Balaban J connectivity index is 1.68. The Hall–Kier alpha value is -1.88. The van der Waals surface area contributed by atoms with Gasteiger partial charge in [0, 0.05) is 26.6 Å². The SMILES string of the molecule is CC(=O)N1CCN=C1NN1Cc2ccccc2C1. The summed E-state index contributed by atoms with van der Waals surface area (Å²) in [6.07, 6.45) is 0. The van der Waals surface area contributed by atoms with Crippen LogP contribution in [-0.2, 0) is 17.9 Å². The van der Waals surface area contributed by atoms with Gasteiger partial charge in [0.25, 0.3) is 0 Å². The number of benzene rings is 1. The van der Waals surface area contributed by atoms with Crippen molar-refractivity contribution in [2.45, 2.75) is 20.0 Å². The van der Waals surface area contributed by atoms with Crippen LogP contribution in [-0.4, -0.2) is 34.9 Å². The number of hydrogen-bond donors (Lipinski definition) is 1. The van der Waals surface area contributed by atoms with Gasteiger partial charge in [-0.2, -0.15) is 0 Å². The minimum Gasteiger partial charge on any atom is -0.288 e. The maximum atomic E-state index is 11.4. The number of nitrogens with zero attached hydrogens (tertiary/aromatic N) is 3. The van der Waals surface area contributed by atoms with Crippen LogP contribution in [0.15, 0.2) is 29.3 Å². The molecule has 5 heteroatoms. The second-order valence-electron chi connectivity index (χ2n) is 4.61. The number of fused-ring (bicyclic) bond motifs is 1. The van der Waals surface area contributed by atoms with E-state index in [1.807, 2.05) is 0 Å². The minimum atomic E-state index is 0.0375. The topological polar surface area (TPSA) is 47.9 Å². The summed E-state index contributed by atoms with van der Waals surface area (Å²) in [6, 6.07) is 8.38. The van der Waals surface area contributed by atoms with Crippen LogP contribution in [0.25, 0.3) is 0 Å². The highest BCUT2D eigenvalue weighted by Crippen LogP contribution is 2.20. The molecule has 2 aliphatic rings. The Morgan fingerprint density at radius 3 is 2.56 bits per heavy atom. The van der Waals surface area contributed by atoms with Gasteiger partial charge in [-0.15, -0.1) is 0 Å². The van der Waals surface area contributed by atoms with Crippen molar-refractivity contribution in [1.29, 1.82) is 0 Å². The third-order valence-corrected chi connectivity index (χ3v) is 3.32. The number of hydrogen-bond acceptors (Lipinski definition) is 4. The average molecular weight is 244 g/mol. The van der Waals surface area contributed by atoms with Gasteiger partial charge >= 0.3 is 0 Å². The predicted molar refractivity (Wildman–Crippen MR) is 68.5 cm³/mol. The van der Waals surface area contributed by atoms with E-state index in [2.05, 4.69) is 39.7 Å². The van der Waals surface area contributed by atoms with E-state index in [1.165, 1.54) is 11.1 Å². The maximum Gasteiger partial charge on any atom is 0.226 e. The summed E-state index contributed by atoms with van der Waals surface area (Å²) < 4.78 is 0. The summed E-state index contributed by atoms with van der Waals surface area (Å²) in [4.78, 5) is 17.5. The van der Waals surface area contributed by atoms with Gasteiger partial charge in [-0.25, -0.2) is 10.0 Å². The molecular formula is C13H16N4O. The molecule has 5 nitrogen and oxygen atoms in total. The molecule has 0 unspecified atom stereocenters. The third kappa shape index (κ3) is 1.97. The highest BCUT2D eigenvalue weighted by molar-refractivity contribution is 5.96. The fourth-order valence-electron chi connectivity index (χ4n) is 2.40. The predicted octanol–water partition coefficient (Wildman–Crippen LogP) is 0.725. The quantitative estimate of drug-likeness (QED) is 0.792. The monoisotopic (exact) mass is 244 g/mol. The molecule has 0 fully saturated rings. The van der Waals surface area contributed by atoms with E-state index in [4.69, 9.17) is 0 Å². The summed E-state index contributed by atoms with van der Waals surface area (Å²) in [7, 11) is 0. The van der Waals surface area contributed by atoms with Crippen molar-refractivity contribution in [3.05, 3.63) is 35.4 Å². The number of carbonyl (C=O) groups is 1. The van der Waals surface area contributed by atoms with Gasteiger partial charge in [0.05, 0.1) is 6.54 Å². The van der Waals surface area contributed by atoms with Crippen molar-refractivity contribution < 1.29 is 4.79 Å². The van der Waals surface area contributed by atoms with Crippen molar-refractivity contribution in [2.24, 2.45) is 4.99 Å². The Morgan fingerprint density at radius 1 is 1.28 bits per heavy atom. The van der Waals surface area contributed by atoms with Crippen LogP contribution in [0.5, 0.6) is 0 Å². The summed E-state index contributed by atoms with van der Waals surface area (Å²) >= 11 is 0. The van der Waals surface area contributed by atoms with Gasteiger partial charge in [-0.05, 0) is 11.1 Å². The number of amides is 1. The van der Waals surface area contributed by atoms with E-state index in [0.717, 1.165) is 13.1 Å². The first-order chi connectivity index (χ1) is 8.74. The molecule has 0 atom stereocenters. The first-order valence-corrected chi connectivity index (χ1v) is 6.15. The molecule has 0 aromatic heterocycles. The number of hydrazine groups is 1. The Bertz CT molecular complexity index is 486. The number of rotatable bonds is 1. The second-order valence-corrected chi connectivity index (χ2v) is 4.61. The van der Waals surface area contributed by atoms with E-state index in [0.29, 0.717) is 19.0 Å². The normalized spacial score (nSPS) is 18.7. The molecular weight excluding hydrogens is 228 g/mol. The molecule has 18 heavy (non-hydrogen) atoms. The van der Waals surface area contributed by atoms with E-state index < -0.39 is 0 Å². The maximum absolute atomic E-state index is 11.4. The van der Waals surface area contributed by atoms with Gasteiger partial charge in [-0.1, -0.05) is 24.3 Å². The van der Waals surface area contributed by atoms with Crippen molar-refractivity contribution in [3.63, 3.8) is 0 Å². The number of nitrogens with one attached hydrogen (secondary N) is 1. The molecule has 1 aromatic carbocycles. The van der Waals surface area contributed by atoms with Crippen LogP contribution in [0.2, 0.25) is 0 Å². The fraction of sp³-hybridized carbons (Fsp3) is 0.385. The van der Waals surface area contributed by atoms with Crippen LogP contribution in [0, 0.1) is 0 Å². The molecule has 1 N–H and O–H groups in total. The molecule has 0 saturated heterocycles. The zero-order valence-corrected chi connectivity index (χ0v) is 10.4. The van der Waals surface area contributed by atoms with Crippen molar-refractivity contribution in [2.75, 3.05) is 13.1 Å². The van der Waals surface area contributed by atoms with Crippen LogP contribution < -0.4 is 5.43 Å². The molecule has 0 saturated carbocycles. The molecule has 0 aliphatic carbocycles.